The van der Waals surface area contributed by atoms with Crippen LogP contribution in [0.15, 0.2) is 36.8 Å². The van der Waals surface area contributed by atoms with Gasteiger partial charge in [0.2, 0.25) is 0 Å². The fourth-order valence-electron chi connectivity index (χ4n) is 2.72. The fraction of sp³-hybridized carbons (Fsp3) is 0.167. The van der Waals surface area contributed by atoms with Crippen molar-refractivity contribution in [3.63, 3.8) is 0 Å². The van der Waals surface area contributed by atoms with Crippen molar-refractivity contribution in [2.45, 2.75) is 13.3 Å². The number of nitrogens with one attached hydrogen (secondary N) is 1. The van der Waals surface area contributed by atoms with E-state index in [1.54, 1.807) is 22.8 Å². The van der Waals surface area contributed by atoms with Crippen LogP contribution in [0.25, 0.3) is 16.9 Å². The highest BCUT2D eigenvalue weighted by atomic mass is 35.5. The zero-order chi connectivity index (χ0) is 20.5. The van der Waals surface area contributed by atoms with Crippen LogP contribution in [-0.4, -0.2) is 36.8 Å². The Hall–Kier alpha value is -3.40. The van der Waals surface area contributed by atoms with Gasteiger partial charge in [0.05, 0.1) is 35.7 Å². The van der Waals surface area contributed by atoms with Gasteiger partial charge in [0.1, 0.15) is 17.8 Å². The highest BCUT2D eigenvalue weighted by Crippen LogP contribution is 2.33. The summed E-state index contributed by atoms with van der Waals surface area (Å²) < 4.78 is 32.8. The number of hydrogen-bond donors (Lipinski definition) is 1. The average molecular weight is 418 g/mol. The van der Waals surface area contributed by atoms with Crippen LogP contribution in [0.5, 0.6) is 5.75 Å². The van der Waals surface area contributed by atoms with Crippen LogP contribution in [0.3, 0.4) is 0 Å². The maximum atomic E-state index is 12.9. The molecule has 3 heterocycles. The predicted molar refractivity (Wildman–Crippen MR) is 103 cm³/mol. The van der Waals surface area contributed by atoms with E-state index in [9.17, 15) is 8.78 Å². The Bertz CT molecular complexity index is 1180. The van der Waals surface area contributed by atoms with Gasteiger partial charge in [-0.2, -0.15) is 5.10 Å². The second kappa shape index (κ2) is 7.55. The summed E-state index contributed by atoms with van der Waals surface area (Å²) in [6, 6.07) is 7.14. The first-order valence-electron chi connectivity index (χ1n) is 8.39. The lowest BCUT2D eigenvalue weighted by Crippen LogP contribution is -2.02. The molecule has 0 atom stereocenters. The standard InChI is InChI=1S/C18H14ClF2N7O/c1-9-3-4-14(27-26-9)24-11-5-10-12(6-13(11)29-2)28(8-23-10)15-7-22-16(18(20)21)17(19)25-15/h3-8,18H,1-2H3,(H,24,27). The van der Waals surface area contributed by atoms with Crippen LogP contribution in [-0.2, 0) is 0 Å². The molecule has 0 amide bonds. The minimum absolute atomic E-state index is 0.258. The molecule has 0 radical (unpaired) electrons. The molecule has 0 aliphatic rings. The molecule has 8 nitrogen and oxygen atoms in total. The van der Waals surface area contributed by atoms with Crippen LogP contribution in [0, 0.1) is 6.92 Å². The first kappa shape index (κ1) is 18.9. The normalized spacial score (nSPS) is 11.2. The number of rotatable bonds is 5. The van der Waals surface area contributed by atoms with Gasteiger partial charge in [-0.15, -0.1) is 5.10 Å². The fourth-order valence-corrected chi connectivity index (χ4v) is 2.94. The van der Waals surface area contributed by atoms with Crippen LogP contribution in [0.2, 0.25) is 5.15 Å². The molecule has 0 saturated heterocycles. The Kier molecular flexibility index (Phi) is 4.93. The van der Waals surface area contributed by atoms with E-state index in [1.165, 1.54) is 19.6 Å². The van der Waals surface area contributed by atoms with Crippen LogP contribution < -0.4 is 10.1 Å². The van der Waals surface area contributed by atoms with Crippen LogP contribution in [0.4, 0.5) is 20.3 Å². The Morgan fingerprint density at radius 1 is 1.17 bits per heavy atom. The van der Waals surface area contributed by atoms with Crippen molar-refractivity contribution in [1.82, 2.24) is 29.7 Å². The summed E-state index contributed by atoms with van der Waals surface area (Å²) in [6.45, 7) is 1.85. The van der Waals surface area contributed by atoms with Gasteiger partial charge in [-0.25, -0.2) is 23.7 Å². The minimum Gasteiger partial charge on any atom is -0.494 e. The summed E-state index contributed by atoms with van der Waals surface area (Å²) >= 11 is 5.84. The van der Waals surface area contributed by atoms with E-state index in [0.717, 1.165) is 5.69 Å². The van der Waals surface area contributed by atoms with Crippen LogP contribution >= 0.6 is 11.6 Å². The van der Waals surface area contributed by atoms with E-state index >= 15 is 0 Å². The molecular weight excluding hydrogens is 404 g/mol. The molecule has 11 heteroatoms. The summed E-state index contributed by atoms with van der Waals surface area (Å²) in [7, 11) is 1.53. The number of imidazole rings is 1. The van der Waals surface area contributed by atoms with Crippen molar-refractivity contribution in [2.75, 3.05) is 12.4 Å². The second-order valence-corrected chi connectivity index (χ2v) is 6.40. The molecule has 0 unspecified atom stereocenters. The van der Waals surface area contributed by atoms with Gasteiger partial charge in [0.25, 0.3) is 6.43 Å². The molecule has 0 bridgehead atoms. The number of aryl methyl sites for hydroxylation is 1. The van der Waals surface area contributed by atoms with Crippen molar-refractivity contribution >= 4 is 34.1 Å². The Balaban J connectivity index is 1.75. The van der Waals surface area contributed by atoms with Gasteiger partial charge in [-0.05, 0) is 25.1 Å². The van der Waals surface area contributed by atoms with Crippen molar-refractivity contribution in [2.24, 2.45) is 0 Å². The smallest absolute Gasteiger partial charge is 0.283 e. The van der Waals surface area contributed by atoms with E-state index in [0.29, 0.717) is 28.3 Å². The second-order valence-electron chi connectivity index (χ2n) is 6.05. The lowest BCUT2D eigenvalue weighted by Gasteiger charge is -2.12. The summed E-state index contributed by atoms with van der Waals surface area (Å²) in [4.78, 5) is 12.1. The van der Waals surface area contributed by atoms with E-state index in [-0.39, 0.29) is 11.0 Å². The van der Waals surface area contributed by atoms with Gasteiger partial charge < -0.3 is 10.1 Å². The monoisotopic (exact) mass is 417 g/mol. The minimum atomic E-state index is -2.80. The molecule has 0 aliphatic heterocycles. The van der Waals surface area contributed by atoms with Gasteiger partial charge in [0.15, 0.2) is 16.8 Å². The lowest BCUT2D eigenvalue weighted by molar-refractivity contribution is 0.145. The number of nitrogens with zero attached hydrogens (tertiary/aromatic N) is 6. The maximum Gasteiger partial charge on any atom is 0.283 e. The highest BCUT2D eigenvalue weighted by Gasteiger charge is 2.18. The van der Waals surface area contributed by atoms with Gasteiger partial charge in [-0.1, -0.05) is 11.6 Å². The molecule has 0 fully saturated rings. The first-order chi connectivity index (χ1) is 14.0. The number of alkyl halides is 2. The number of ether oxygens (including phenoxy) is 1. The van der Waals surface area contributed by atoms with Gasteiger partial charge >= 0.3 is 0 Å². The van der Waals surface area contributed by atoms with Crippen LogP contribution in [0.1, 0.15) is 17.8 Å². The maximum absolute atomic E-state index is 12.9. The summed E-state index contributed by atoms with van der Waals surface area (Å²) in [5, 5.41) is 10.9. The number of benzene rings is 1. The van der Waals surface area contributed by atoms with E-state index in [2.05, 4.69) is 30.5 Å². The molecule has 1 aromatic carbocycles. The Morgan fingerprint density at radius 3 is 2.66 bits per heavy atom. The summed E-state index contributed by atoms with van der Waals surface area (Å²) in [6.07, 6.45) is -0.0843. The zero-order valence-electron chi connectivity index (χ0n) is 15.3. The number of methoxy groups -OCH3 is 1. The molecule has 0 saturated carbocycles. The highest BCUT2D eigenvalue weighted by molar-refractivity contribution is 6.30. The SMILES string of the molecule is COc1cc2c(cc1Nc1ccc(C)nn1)ncn2-c1cnc(C(F)F)c(Cl)n1. The van der Waals surface area contributed by atoms with Gasteiger partial charge in [0, 0.05) is 6.07 Å². The molecule has 3 aromatic heterocycles. The first-order valence-corrected chi connectivity index (χ1v) is 8.77. The summed E-state index contributed by atoms with van der Waals surface area (Å²) in [5.41, 5.74) is 2.12. The van der Waals surface area contributed by atoms with E-state index in [4.69, 9.17) is 16.3 Å². The third-order valence-electron chi connectivity index (χ3n) is 4.13. The third kappa shape index (κ3) is 3.66. The van der Waals surface area contributed by atoms with Crippen molar-refractivity contribution in [1.29, 1.82) is 0 Å². The molecule has 4 aromatic rings. The zero-order valence-corrected chi connectivity index (χ0v) is 16.0. The van der Waals surface area contributed by atoms with E-state index < -0.39 is 12.1 Å². The molecule has 148 valence electrons. The lowest BCUT2D eigenvalue weighted by atomic mass is 10.2. The molecule has 4 rings (SSSR count). The van der Waals surface area contributed by atoms with E-state index in [1.807, 2.05) is 13.0 Å². The quantitative estimate of drug-likeness (QED) is 0.518. The Morgan fingerprint density at radius 2 is 2.00 bits per heavy atom. The van der Waals surface area contributed by atoms with Gasteiger partial charge in [-0.3, -0.25) is 4.57 Å². The molecule has 1 N–H and O–H groups in total. The average Bonchev–Trinajstić information content (AvgIpc) is 3.11. The third-order valence-corrected chi connectivity index (χ3v) is 4.40. The molecule has 0 aliphatic carbocycles. The number of fused-ring (bicyclic) bond motifs is 1. The van der Waals surface area contributed by atoms with Crippen molar-refractivity contribution in [3.05, 3.63) is 53.3 Å². The van der Waals surface area contributed by atoms with Crippen molar-refractivity contribution < 1.29 is 13.5 Å². The largest absolute Gasteiger partial charge is 0.494 e. The number of anilines is 2. The topological polar surface area (TPSA) is 90.6 Å². The molecule has 29 heavy (non-hydrogen) atoms. The van der Waals surface area contributed by atoms with Crippen molar-refractivity contribution in [3.8, 4) is 11.6 Å². The predicted octanol–water partition coefficient (Wildman–Crippen LogP) is 4.26. The number of hydrogen-bond acceptors (Lipinski definition) is 7. The summed E-state index contributed by atoms with van der Waals surface area (Å²) in [5.74, 6) is 1.33. The Labute approximate surface area is 168 Å². The number of aromatic nitrogens is 6. The molecule has 0 spiro atoms. The number of halogens is 3. The molecular formula is C18H14ClF2N7O.